The van der Waals surface area contributed by atoms with Crippen LogP contribution in [0.2, 0.25) is 0 Å². The Kier molecular flexibility index (Phi) is 5.86. The van der Waals surface area contributed by atoms with E-state index in [-0.39, 0.29) is 5.41 Å². The van der Waals surface area contributed by atoms with Crippen LogP contribution >= 0.6 is 0 Å². The molecule has 0 bridgehead atoms. The maximum absolute atomic E-state index is 6.09. The Hall–Kier alpha value is -1.02. The van der Waals surface area contributed by atoms with Crippen molar-refractivity contribution in [3.05, 3.63) is 29.3 Å². The lowest BCUT2D eigenvalue weighted by molar-refractivity contribution is 0.173. The zero-order chi connectivity index (χ0) is 14.5. The zero-order valence-corrected chi connectivity index (χ0v) is 13.3. The Morgan fingerprint density at radius 1 is 1.16 bits per heavy atom. The van der Waals surface area contributed by atoms with Gasteiger partial charge in [0.25, 0.3) is 0 Å². The normalized spacial score (nSPS) is 13.4. The molecular weight excluding hydrogens is 234 g/mol. The first-order valence-corrected chi connectivity index (χ1v) is 7.28. The summed E-state index contributed by atoms with van der Waals surface area (Å²) in [6, 6.07) is 6.65. The summed E-state index contributed by atoms with van der Waals surface area (Å²) >= 11 is 0. The molecule has 2 heteroatoms. The predicted octanol–water partition coefficient (Wildman–Crippen LogP) is 4.10. The molecule has 1 rings (SSSR count). The van der Waals surface area contributed by atoms with Crippen molar-refractivity contribution in [2.45, 2.75) is 54.0 Å². The molecule has 1 aromatic carbocycles. The maximum Gasteiger partial charge on any atom is 0.125 e. The first kappa shape index (κ1) is 16.0. The average molecular weight is 263 g/mol. The third kappa shape index (κ3) is 4.87. The number of ether oxygens (including phenoxy) is 1. The molecule has 0 spiro atoms. The molecule has 0 aliphatic rings. The smallest absolute Gasteiger partial charge is 0.125 e. The van der Waals surface area contributed by atoms with Gasteiger partial charge in [-0.1, -0.05) is 45.9 Å². The number of aryl methyl sites for hydroxylation is 2. The van der Waals surface area contributed by atoms with E-state index >= 15 is 0 Å². The molecule has 1 atom stereocenters. The minimum absolute atomic E-state index is 0.200. The number of para-hydroxylation sites is 1. The van der Waals surface area contributed by atoms with Crippen LogP contribution in [0.1, 0.15) is 45.2 Å². The summed E-state index contributed by atoms with van der Waals surface area (Å²) in [6.45, 7) is 14.9. The molecule has 19 heavy (non-hydrogen) atoms. The quantitative estimate of drug-likeness (QED) is 0.834. The van der Waals surface area contributed by atoms with Crippen LogP contribution in [0.3, 0.4) is 0 Å². The van der Waals surface area contributed by atoms with E-state index in [1.165, 1.54) is 11.1 Å². The molecule has 0 fully saturated rings. The number of nitrogens with one attached hydrogen (secondary N) is 1. The van der Waals surface area contributed by atoms with Crippen molar-refractivity contribution in [3.8, 4) is 5.75 Å². The fourth-order valence-electron chi connectivity index (χ4n) is 2.13. The third-order valence-electron chi connectivity index (χ3n) is 3.49. The van der Waals surface area contributed by atoms with Crippen molar-refractivity contribution in [1.29, 1.82) is 0 Å². The number of benzene rings is 1. The van der Waals surface area contributed by atoms with Crippen LogP contribution in [-0.2, 0) is 0 Å². The maximum atomic E-state index is 6.09. The van der Waals surface area contributed by atoms with Crippen molar-refractivity contribution < 1.29 is 4.74 Å². The highest BCUT2D eigenvalue weighted by Gasteiger charge is 2.24. The van der Waals surface area contributed by atoms with E-state index in [0.717, 1.165) is 25.3 Å². The summed E-state index contributed by atoms with van der Waals surface area (Å²) in [5.74, 6) is 1.04. The summed E-state index contributed by atoms with van der Waals surface area (Å²) in [6.07, 6.45) is 1.15. The Labute approximate surface area is 118 Å². The van der Waals surface area contributed by atoms with Gasteiger partial charge in [-0.05, 0) is 43.4 Å². The first-order chi connectivity index (χ1) is 8.86. The first-order valence-electron chi connectivity index (χ1n) is 7.28. The lowest BCUT2D eigenvalue weighted by Crippen LogP contribution is -2.45. The van der Waals surface area contributed by atoms with Gasteiger partial charge in [0.2, 0.25) is 0 Å². The highest BCUT2D eigenvalue weighted by atomic mass is 16.5. The molecule has 0 saturated carbocycles. The largest absolute Gasteiger partial charge is 0.491 e. The number of rotatable bonds is 6. The van der Waals surface area contributed by atoms with Gasteiger partial charge in [-0.2, -0.15) is 0 Å². The molecule has 0 amide bonds. The summed E-state index contributed by atoms with van der Waals surface area (Å²) in [5.41, 5.74) is 2.62. The molecule has 0 saturated heterocycles. The van der Waals surface area contributed by atoms with E-state index in [1.807, 2.05) is 0 Å². The van der Waals surface area contributed by atoms with Gasteiger partial charge in [-0.25, -0.2) is 0 Å². The molecular formula is C17H29NO. The van der Waals surface area contributed by atoms with Crippen LogP contribution in [0.4, 0.5) is 0 Å². The summed E-state index contributed by atoms with van der Waals surface area (Å²) < 4.78 is 6.09. The lowest BCUT2D eigenvalue weighted by Gasteiger charge is -2.32. The molecule has 1 aromatic rings. The van der Waals surface area contributed by atoms with Crippen LogP contribution in [0.15, 0.2) is 18.2 Å². The molecule has 1 unspecified atom stereocenters. The van der Waals surface area contributed by atoms with Crippen LogP contribution in [0.5, 0.6) is 5.75 Å². The van der Waals surface area contributed by atoms with E-state index in [4.69, 9.17) is 4.74 Å². The lowest BCUT2D eigenvalue weighted by atomic mass is 9.87. The van der Waals surface area contributed by atoms with Gasteiger partial charge < -0.3 is 10.1 Å². The Morgan fingerprint density at radius 2 is 1.74 bits per heavy atom. The Bertz CT molecular complexity index is 372. The van der Waals surface area contributed by atoms with Crippen LogP contribution < -0.4 is 10.1 Å². The number of hydrogen-bond donors (Lipinski definition) is 1. The molecule has 0 aliphatic carbocycles. The molecule has 108 valence electrons. The summed E-state index contributed by atoms with van der Waals surface area (Å²) in [5, 5.41) is 3.59. The monoisotopic (exact) mass is 263 g/mol. The van der Waals surface area contributed by atoms with Crippen molar-refractivity contribution in [2.24, 2.45) is 5.41 Å². The van der Waals surface area contributed by atoms with Crippen molar-refractivity contribution in [3.63, 3.8) is 0 Å². The molecule has 2 nitrogen and oxygen atoms in total. The van der Waals surface area contributed by atoms with E-state index in [0.29, 0.717) is 6.04 Å². The zero-order valence-electron chi connectivity index (χ0n) is 13.3. The minimum Gasteiger partial charge on any atom is -0.491 e. The van der Waals surface area contributed by atoms with Crippen LogP contribution in [0.25, 0.3) is 0 Å². The highest BCUT2D eigenvalue weighted by Crippen LogP contribution is 2.25. The van der Waals surface area contributed by atoms with Gasteiger partial charge in [-0.3, -0.25) is 0 Å². The van der Waals surface area contributed by atoms with Gasteiger partial charge in [0.15, 0.2) is 0 Å². The molecule has 0 radical (unpaired) electrons. The minimum atomic E-state index is 0.200. The Balaban J connectivity index is 2.71. The van der Waals surface area contributed by atoms with Crippen molar-refractivity contribution in [1.82, 2.24) is 5.32 Å². The van der Waals surface area contributed by atoms with Gasteiger partial charge in [-0.15, -0.1) is 0 Å². The standard InChI is InChI=1S/C17H29NO/c1-7-11-18-15(17(4,5)6)12-19-16-13(2)9-8-10-14(16)3/h8-10,15,18H,7,11-12H2,1-6H3. The second kappa shape index (κ2) is 6.95. The van der Waals surface area contributed by atoms with Gasteiger partial charge >= 0.3 is 0 Å². The summed E-state index contributed by atoms with van der Waals surface area (Å²) in [7, 11) is 0. The van der Waals surface area contributed by atoms with E-state index in [9.17, 15) is 0 Å². The van der Waals surface area contributed by atoms with E-state index in [2.05, 4.69) is 65.1 Å². The van der Waals surface area contributed by atoms with Crippen LogP contribution in [0, 0.1) is 19.3 Å². The van der Waals surface area contributed by atoms with E-state index in [1.54, 1.807) is 0 Å². The van der Waals surface area contributed by atoms with E-state index < -0.39 is 0 Å². The number of hydrogen-bond acceptors (Lipinski definition) is 2. The third-order valence-corrected chi connectivity index (χ3v) is 3.49. The second-order valence-corrected chi connectivity index (χ2v) is 6.40. The van der Waals surface area contributed by atoms with Crippen molar-refractivity contribution in [2.75, 3.05) is 13.2 Å². The topological polar surface area (TPSA) is 21.3 Å². The fraction of sp³-hybridized carbons (Fsp3) is 0.647. The fourth-order valence-corrected chi connectivity index (χ4v) is 2.13. The SMILES string of the molecule is CCCNC(COc1c(C)cccc1C)C(C)(C)C. The predicted molar refractivity (Wildman–Crippen MR) is 82.9 cm³/mol. The Morgan fingerprint density at radius 3 is 2.21 bits per heavy atom. The summed E-state index contributed by atoms with van der Waals surface area (Å²) in [4.78, 5) is 0. The van der Waals surface area contributed by atoms with Gasteiger partial charge in [0, 0.05) is 6.04 Å². The molecule has 0 aliphatic heterocycles. The second-order valence-electron chi connectivity index (χ2n) is 6.40. The van der Waals surface area contributed by atoms with Gasteiger partial charge in [0.05, 0.1) is 0 Å². The van der Waals surface area contributed by atoms with Crippen molar-refractivity contribution >= 4 is 0 Å². The molecule has 0 heterocycles. The average Bonchev–Trinajstić information content (AvgIpc) is 2.30. The molecule has 1 N–H and O–H groups in total. The van der Waals surface area contributed by atoms with Crippen LogP contribution in [-0.4, -0.2) is 19.2 Å². The highest BCUT2D eigenvalue weighted by molar-refractivity contribution is 5.39. The van der Waals surface area contributed by atoms with Gasteiger partial charge in [0.1, 0.15) is 12.4 Å². The molecule has 0 aromatic heterocycles.